The summed E-state index contributed by atoms with van der Waals surface area (Å²) < 4.78 is 16.0. The maximum absolute atomic E-state index is 14.0. The quantitative estimate of drug-likeness (QED) is 0.910. The Balaban J connectivity index is 2.18. The molecule has 1 aliphatic rings. The number of hydrogen-bond donors (Lipinski definition) is 1. The van der Waals surface area contributed by atoms with Crippen LogP contribution in [-0.2, 0) is 12.1 Å². The summed E-state index contributed by atoms with van der Waals surface area (Å²) in [6, 6.07) is 5.13. The summed E-state index contributed by atoms with van der Waals surface area (Å²) in [5.74, 6) is 1.19. The van der Waals surface area contributed by atoms with Crippen LogP contribution < -0.4 is 5.73 Å². The number of aryl methyl sites for hydroxylation is 1. The smallest absolute Gasteiger partial charge is 0.151 e. The van der Waals surface area contributed by atoms with Crippen molar-refractivity contribution < 1.29 is 4.39 Å². The summed E-state index contributed by atoms with van der Waals surface area (Å²) in [6.07, 6.45) is 4.20. The van der Waals surface area contributed by atoms with Crippen LogP contribution in [-0.4, -0.2) is 9.55 Å². The Hall–Kier alpha value is -1.42. The van der Waals surface area contributed by atoms with E-state index in [4.69, 9.17) is 5.73 Å². The number of para-hydroxylation sites is 1. The molecule has 1 aliphatic carbocycles. The van der Waals surface area contributed by atoms with Crippen molar-refractivity contribution in [1.29, 1.82) is 0 Å². The second-order valence-corrected chi connectivity index (χ2v) is 6.14. The fourth-order valence-corrected chi connectivity index (χ4v) is 3.61. The Morgan fingerprint density at radius 2 is 2.30 bits per heavy atom. The Bertz CT molecular complexity index is 634. The van der Waals surface area contributed by atoms with Gasteiger partial charge in [0.2, 0.25) is 0 Å². The van der Waals surface area contributed by atoms with E-state index >= 15 is 0 Å². The average molecular weight is 275 g/mol. The van der Waals surface area contributed by atoms with Crippen LogP contribution in [0.5, 0.6) is 0 Å². The highest BCUT2D eigenvalue weighted by atomic mass is 19.1. The van der Waals surface area contributed by atoms with Gasteiger partial charge < -0.3 is 10.3 Å². The maximum Gasteiger partial charge on any atom is 0.151 e. The fourth-order valence-electron chi connectivity index (χ4n) is 3.61. The van der Waals surface area contributed by atoms with Crippen LogP contribution in [0, 0.1) is 11.7 Å². The number of nitrogens with two attached hydrogens (primary N) is 1. The predicted molar refractivity (Wildman–Crippen MR) is 78.9 cm³/mol. The number of hydrogen-bond acceptors (Lipinski definition) is 2. The summed E-state index contributed by atoms with van der Waals surface area (Å²) in [7, 11) is 0. The molecule has 0 aliphatic heterocycles. The molecule has 1 fully saturated rings. The Labute approximate surface area is 119 Å². The number of aromatic nitrogens is 2. The minimum atomic E-state index is -0.418. The maximum atomic E-state index is 14.0. The van der Waals surface area contributed by atoms with Crippen LogP contribution >= 0.6 is 0 Å². The molecule has 0 radical (unpaired) electrons. The van der Waals surface area contributed by atoms with Crippen molar-refractivity contribution in [2.45, 2.75) is 51.6 Å². The Morgan fingerprint density at radius 3 is 3.00 bits per heavy atom. The summed E-state index contributed by atoms with van der Waals surface area (Å²) in [5, 5.41) is 0. The summed E-state index contributed by atoms with van der Waals surface area (Å²) >= 11 is 0. The Kier molecular flexibility index (Phi) is 3.28. The molecule has 1 heterocycles. The van der Waals surface area contributed by atoms with Gasteiger partial charge in [0.15, 0.2) is 5.82 Å². The second kappa shape index (κ2) is 4.85. The molecule has 1 saturated carbocycles. The van der Waals surface area contributed by atoms with E-state index in [1.165, 1.54) is 12.5 Å². The van der Waals surface area contributed by atoms with Gasteiger partial charge in [-0.1, -0.05) is 25.8 Å². The highest BCUT2D eigenvalue weighted by Crippen LogP contribution is 2.38. The van der Waals surface area contributed by atoms with Gasteiger partial charge >= 0.3 is 0 Å². The van der Waals surface area contributed by atoms with Gasteiger partial charge in [0, 0.05) is 6.54 Å². The topological polar surface area (TPSA) is 43.8 Å². The van der Waals surface area contributed by atoms with E-state index < -0.39 is 5.54 Å². The largest absolute Gasteiger partial charge is 0.327 e. The molecule has 0 saturated heterocycles. The number of halogens is 1. The molecule has 2 aromatic rings. The van der Waals surface area contributed by atoms with Gasteiger partial charge in [0.05, 0.1) is 11.1 Å². The molecule has 0 spiro atoms. The van der Waals surface area contributed by atoms with Gasteiger partial charge in [0.1, 0.15) is 11.3 Å². The second-order valence-electron chi connectivity index (χ2n) is 6.14. The molecular weight excluding hydrogens is 253 g/mol. The van der Waals surface area contributed by atoms with E-state index in [9.17, 15) is 4.39 Å². The number of imidazole rings is 1. The molecule has 1 aromatic heterocycles. The molecule has 2 N–H and O–H groups in total. The van der Waals surface area contributed by atoms with Crippen molar-refractivity contribution in [2.24, 2.45) is 11.7 Å². The van der Waals surface area contributed by atoms with Crippen molar-refractivity contribution in [3.05, 3.63) is 29.8 Å². The number of rotatable bonds is 2. The SMILES string of the molecule is CCn1c(C2(N)CCCC(C)C2)nc2c(F)cccc21. The third-order valence-electron chi connectivity index (χ3n) is 4.52. The van der Waals surface area contributed by atoms with Gasteiger partial charge in [-0.3, -0.25) is 0 Å². The minimum Gasteiger partial charge on any atom is -0.327 e. The molecule has 2 unspecified atom stereocenters. The van der Waals surface area contributed by atoms with Crippen molar-refractivity contribution in [3.63, 3.8) is 0 Å². The number of nitrogens with zero attached hydrogens (tertiary/aromatic N) is 2. The molecule has 108 valence electrons. The first-order chi connectivity index (χ1) is 9.55. The van der Waals surface area contributed by atoms with Gasteiger partial charge in [-0.2, -0.15) is 0 Å². The molecule has 3 rings (SSSR count). The van der Waals surface area contributed by atoms with Crippen molar-refractivity contribution in [2.75, 3.05) is 0 Å². The van der Waals surface area contributed by atoms with Crippen molar-refractivity contribution in [3.8, 4) is 0 Å². The van der Waals surface area contributed by atoms with Gasteiger partial charge in [0.25, 0.3) is 0 Å². The van der Waals surface area contributed by atoms with Crippen LogP contribution in [0.2, 0.25) is 0 Å². The first kappa shape index (κ1) is 13.6. The lowest BCUT2D eigenvalue weighted by atomic mass is 9.76. The highest BCUT2D eigenvalue weighted by Gasteiger charge is 2.37. The summed E-state index contributed by atoms with van der Waals surface area (Å²) in [5.41, 5.74) is 7.54. The average Bonchev–Trinajstić information content (AvgIpc) is 2.79. The lowest BCUT2D eigenvalue weighted by molar-refractivity contribution is 0.223. The summed E-state index contributed by atoms with van der Waals surface area (Å²) in [4.78, 5) is 4.58. The van der Waals surface area contributed by atoms with Gasteiger partial charge in [-0.25, -0.2) is 9.37 Å². The molecule has 3 nitrogen and oxygen atoms in total. The van der Waals surface area contributed by atoms with Crippen LogP contribution in [0.1, 0.15) is 45.4 Å². The number of fused-ring (bicyclic) bond motifs is 1. The predicted octanol–water partition coefficient (Wildman–Crippen LogP) is 3.56. The third kappa shape index (κ3) is 2.03. The lowest BCUT2D eigenvalue weighted by Gasteiger charge is -2.36. The molecule has 0 bridgehead atoms. The van der Waals surface area contributed by atoms with E-state index in [2.05, 4.69) is 23.4 Å². The standard InChI is InChI=1S/C16H22FN3/c1-3-20-13-8-4-7-12(17)14(13)19-15(20)16(18)9-5-6-11(2)10-16/h4,7-8,11H,3,5-6,9-10,18H2,1-2H3. The van der Waals surface area contributed by atoms with Crippen LogP contribution in [0.4, 0.5) is 4.39 Å². The van der Waals surface area contributed by atoms with E-state index in [0.717, 1.165) is 37.1 Å². The van der Waals surface area contributed by atoms with E-state index in [1.54, 1.807) is 6.07 Å². The van der Waals surface area contributed by atoms with Crippen molar-refractivity contribution >= 4 is 11.0 Å². The van der Waals surface area contributed by atoms with Crippen LogP contribution in [0.15, 0.2) is 18.2 Å². The zero-order valence-electron chi connectivity index (χ0n) is 12.2. The van der Waals surface area contributed by atoms with Crippen molar-refractivity contribution in [1.82, 2.24) is 9.55 Å². The zero-order chi connectivity index (χ0) is 14.3. The molecule has 4 heteroatoms. The first-order valence-electron chi connectivity index (χ1n) is 7.49. The zero-order valence-corrected chi connectivity index (χ0v) is 12.2. The highest BCUT2D eigenvalue weighted by molar-refractivity contribution is 5.77. The molecule has 20 heavy (non-hydrogen) atoms. The molecule has 2 atom stereocenters. The van der Waals surface area contributed by atoms with E-state index in [-0.39, 0.29) is 5.82 Å². The molecule has 0 amide bonds. The van der Waals surface area contributed by atoms with Crippen LogP contribution in [0.3, 0.4) is 0 Å². The monoisotopic (exact) mass is 275 g/mol. The van der Waals surface area contributed by atoms with Gasteiger partial charge in [-0.15, -0.1) is 0 Å². The van der Waals surface area contributed by atoms with E-state index in [0.29, 0.717) is 11.4 Å². The Morgan fingerprint density at radius 1 is 1.50 bits per heavy atom. The fraction of sp³-hybridized carbons (Fsp3) is 0.562. The number of benzene rings is 1. The van der Waals surface area contributed by atoms with Crippen LogP contribution in [0.25, 0.3) is 11.0 Å². The summed E-state index contributed by atoms with van der Waals surface area (Å²) in [6.45, 7) is 5.06. The van der Waals surface area contributed by atoms with Gasteiger partial charge in [-0.05, 0) is 37.8 Å². The molecule has 1 aromatic carbocycles. The first-order valence-corrected chi connectivity index (χ1v) is 7.49. The normalized spacial score (nSPS) is 27.1. The molecular formula is C16H22FN3. The lowest BCUT2D eigenvalue weighted by Crippen LogP contribution is -2.43. The third-order valence-corrected chi connectivity index (χ3v) is 4.52. The van der Waals surface area contributed by atoms with E-state index in [1.807, 2.05) is 6.07 Å². The minimum absolute atomic E-state index is 0.261.